The van der Waals surface area contributed by atoms with Crippen molar-refractivity contribution in [2.45, 2.75) is 57.8 Å². The molecule has 0 spiro atoms. The molecular formula is C57H44N4O3Pt. The van der Waals surface area contributed by atoms with E-state index >= 15 is 0 Å². The first-order chi connectivity index (χ1) is 30.8. The summed E-state index contributed by atoms with van der Waals surface area (Å²) in [5.74, 6) is 1.38. The minimum absolute atomic E-state index is 0. The second-order valence-electron chi connectivity index (χ2n) is 18.8. The van der Waals surface area contributed by atoms with Crippen LogP contribution in [0.3, 0.4) is 0 Å². The van der Waals surface area contributed by atoms with Gasteiger partial charge in [-0.1, -0.05) is 102 Å². The summed E-state index contributed by atoms with van der Waals surface area (Å²) in [6.07, 6.45) is 3.53. The minimum Gasteiger partial charge on any atom is -0.457 e. The van der Waals surface area contributed by atoms with Crippen LogP contribution in [0, 0.1) is 12.1 Å². The van der Waals surface area contributed by atoms with Gasteiger partial charge < -0.3 is 14.7 Å². The second-order valence-corrected chi connectivity index (χ2v) is 18.8. The molecule has 7 nitrogen and oxygen atoms in total. The number of pyridine rings is 4. The molecule has 0 bridgehead atoms. The van der Waals surface area contributed by atoms with Crippen LogP contribution in [0.15, 0.2) is 168 Å². The molecule has 0 saturated heterocycles. The molecule has 6 aromatic carbocycles. The van der Waals surface area contributed by atoms with Crippen molar-refractivity contribution in [2.24, 2.45) is 0 Å². The van der Waals surface area contributed by atoms with E-state index < -0.39 is 5.41 Å². The van der Waals surface area contributed by atoms with E-state index in [2.05, 4.69) is 90.1 Å². The zero-order chi connectivity index (χ0) is 44.1. The fraction of sp³-hybridized carbons (Fsp3) is 0.158. The van der Waals surface area contributed by atoms with Crippen molar-refractivity contribution < 1.29 is 25.8 Å². The smallest absolute Gasteiger partial charge is 0.457 e. The Bertz CT molecular complexity index is 3420. The Balaban J connectivity index is 0.00000498. The van der Waals surface area contributed by atoms with Gasteiger partial charge in [0.15, 0.2) is 0 Å². The van der Waals surface area contributed by atoms with Crippen LogP contribution in [0.1, 0.15) is 74.9 Å². The fourth-order valence-electron chi connectivity index (χ4n) is 9.57. The van der Waals surface area contributed by atoms with Crippen molar-refractivity contribution in [3.8, 4) is 22.9 Å². The van der Waals surface area contributed by atoms with Gasteiger partial charge in [0.05, 0.1) is 0 Å². The summed E-state index contributed by atoms with van der Waals surface area (Å²) in [6, 6.07) is 55.6. The van der Waals surface area contributed by atoms with Crippen molar-refractivity contribution in [3.63, 3.8) is 0 Å². The zero-order valence-corrected chi connectivity index (χ0v) is 39.1. The number of benzene rings is 6. The van der Waals surface area contributed by atoms with Crippen LogP contribution in [-0.4, -0.2) is 19.1 Å². The third-order valence-electron chi connectivity index (χ3n) is 12.8. The number of fused-ring (bicyclic) bond motifs is 8. The third kappa shape index (κ3) is 6.50. The number of rotatable bonds is 4. The van der Waals surface area contributed by atoms with Crippen LogP contribution >= 0.6 is 0 Å². The normalized spacial score (nSPS) is 13.3. The molecule has 4 aromatic heterocycles. The number of hydrogen-bond acceptors (Lipinski definition) is 5. The Hall–Kier alpha value is -6.95. The summed E-state index contributed by atoms with van der Waals surface area (Å²) >= 11 is 0. The van der Waals surface area contributed by atoms with Crippen molar-refractivity contribution in [3.05, 3.63) is 224 Å². The molecule has 0 radical (unpaired) electrons. The van der Waals surface area contributed by atoms with E-state index in [0.717, 1.165) is 44.8 Å². The molecule has 10 aromatic rings. The van der Waals surface area contributed by atoms with Crippen LogP contribution in [-0.2, 0) is 37.3 Å². The molecule has 65 heavy (non-hydrogen) atoms. The van der Waals surface area contributed by atoms with E-state index in [1.807, 2.05) is 109 Å². The van der Waals surface area contributed by atoms with Gasteiger partial charge in [-0.05, 0) is 93.4 Å². The summed E-state index contributed by atoms with van der Waals surface area (Å²) in [7, 11) is 0. The third-order valence-corrected chi connectivity index (χ3v) is 12.8. The van der Waals surface area contributed by atoms with E-state index in [1.54, 1.807) is 21.5 Å². The Morgan fingerprint density at radius 3 is 1.32 bits per heavy atom. The van der Waals surface area contributed by atoms with Gasteiger partial charge in [0, 0.05) is 62.4 Å². The van der Waals surface area contributed by atoms with Crippen molar-refractivity contribution in [2.75, 3.05) is 0 Å². The molecule has 11 rings (SSSR count). The molecule has 0 saturated carbocycles. The van der Waals surface area contributed by atoms with Crippen LogP contribution < -0.4 is 15.9 Å². The molecule has 0 fully saturated rings. The van der Waals surface area contributed by atoms with Gasteiger partial charge in [-0.3, -0.25) is 18.7 Å². The molecule has 0 N–H and O–H groups in total. The number of para-hydroxylation sites is 2. The average molecular weight is 1030 g/mol. The van der Waals surface area contributed by atoms with Gasteiger partial charge >= 0.3 is 21.1 Å². The molecule has 0 unspecified atom stereocenters. The molecule has 0 amide bonds. The molecular weight excluding hydrogens is 984 g/mol. The Morgan fingerprint density at radius 2 is 0.923 bits per heavy atom. The van der Waals surface area contributed by atoms with Gasteiger partial charge in [-0.15, -0.1) is 58.3 Å². The number of hydrogen-bond donors (Lipinski definition) is 0. The van der Waals surface area contributed by atoms with Crippen LogP contribution in [0.25, 0.3) is 55.0 Å². The quantitative estimate of drug-likeness (QED) is 0.130. The van der Waals surface area contributed by atoms with Crippen LogP contribution in [0.5, 0.6) is 11.5 Å². The average Bonchev–Trinajstić information content (AvgIpc) is 3.30. The second kappa shape index (κ2) is 15.4. The molecule has 1 aliphatic rings. The Kier molecular flexibility index (Phi) is 9.92. The van der Waals surface area contributed by atoms with Crippen molar-refractivity contribution in [1.29, 1.82) is 0 Å². The van der Waals surface area contributed by atoms with E-state index in [4.69, 9.17) is 14.7 Å². The molecule has 5 heterocycles. The molecule has 0 atom stereocenters. The summed E-state index contributed by atoms with van der Waals surface area (Å²) < 4.78 is 10.4. The van der Waals surface area contributed by atoms with E-state index in [9.17, 15) is 9.59 Å². The maximum Gasteiger partial charge on any atom is 2.00 e. The summed E-state index contributed by atoms with van der Waals surface area (Å²) in [5.41, 5.74) is 7.82. The first-order valence-corrected chi connectivity index (χ1v) is 21.7. The largest absolute Gasteiger partial charge is 2.00 e. The Labute approximate surface area is 391 Å². The van der Waals surface area contributed by atoms with E-state index in [-0.39, 0.29) is 43.0 Å². The summed E-state index contributed by atoms with van der Waals surface area (Å²) in [6.45, 7) is 13.3. The van der Waals surface area contributed by atoms with Gasteiger partial charge in [0.2, 0.25) is 11.1 Å². The predicted octanol–water partition coefficient (Wildman–Crippen LogP) is 12.1. The Morgan fingerprint density at radius 1 is 0.508 bits per heavy atom. The topological polar surface area (TPSA) is 79.0 Å². The van der Waals surface area contributed by atoms with E-state index in [0.29, 0.717) is 55.1 Å². The fourth-order valence-corrected chi connectivity index (χ4v) is 9.57. The van der Waals surface area contributed by atoms with Gasteiger partial charge in [-0.2, -0.15) is 0 Å². The zero-order valence-electron chi connectivity index (χ0n) is 36.8. The monoisotopic (exact) mass is 1030 g/mol. The maximum atomic E-state index is 14.8. The van der Waals surface area contributed by atoms with Gasteiger partial charge in [0.25, 0.3) is 0 Å². The minimum atomic E-state index is -1.14. The van der Waals surface area contributed by atoms with Gasteiger partial charge in [0.1, 0.15) is 11.5 Å². The molecule has 1 aliphatic heterocycles. The number of aromatic nitrogens is 4. The molecule has 8 heteroatoms. The summed E-state index contributed by atoms with van der Waals surface area (Å²) in [4.78, 5) is 39.4. The molecule has 320 valence electrons. The van der Waals surface area contributed by atoms with Crippen LogP contribution in [0.2, 0.25) is 0 Å². The SMILES string of the molecule is CC(C)(C)c1ccc2c(c1)C(c1[c-]c3c(cc1)c(=O)n(-c1ccccc1)c1cccnc31)(c1[c-]c3c(cc1)c(=O)n(-c1ccccc1)c1cccnc31)c1cc(C(C)(C)C)ccc1O2.[Pt+2]. The first-order valence-electron chi connectivity index (χ1n) is 21.7. The van der Waals surface area contributed by atoms with Crippen LogP contribution in [0.4, 0.5) is 0 Å². The van der Waals surface area contributed by atoms with Crippen molar-refractivity contribution in [1.82, 2.24) is 19.1 Å². The predicted molar refractivity (Wildman–Crippen MR) is 257 cm³/mol. The number of ether oxygens (including phenoxy) is 1. The van der Waals surface area contributed by atoms with Gasteiger partial charge in [-0.25, -0.2) is 0 Å². The van der Waals surface area contributed by atoms with E-state index in [1.165, 1.54) is 0 Å². The van der Waals surface area contributed by atoms with Crippen molar-refractivity contribution >= 4 is 43.6 Å². The maximum absolute atomic E-state index is 14.8. The molecule has 0 aliphatic carbocycles. The first kappa shape index (κ1) is 42.0. The standard InChI is InChI=1S/C57H44N4O3.Pt/c1-55(2,3)35-23-27-49-45(33-35)57(46-34-36(56(4,5)6)24-28-50(46)64-49,37-21-25-41-43(31-37)51-47(19-13-29-58-51)60(53(41)62)39-15-9-7-10-16-39)38-22-26-42-44(32-38)52-48(20-14-30-59-52)61(54(42)63)40-17-11-8-12-18-40;/h7-30,33-34H,1-6H3;/q-2;+2. The number of nitrogens with zero attached hydrogens (tertiary/aromatic N) is 4. The summed E-state index contributed by atoms with van der Waals surface area (Å²) in [5, 5.41) is 2.20.